The highest BCUT2D eigenvalue weighted by atomic mass is 16.3. The molecule has 0 saturated heterocycles. The van der Waals surface area contributed by atoms with Crippen molar-refractivity contribution in [3.63, 3.8) is 0 Å². The van der Waals surface area contributed by atoms with Crippen LogP contribution in [0.2, 0.25) is 0 Å². The summed E-state index contributed by atoms with van der Waals surface area (Å²) >= 11 is 0. The fourth-order valence-electron chi connectivity index (χ4n) is 2.30. The molecule has 104 valence electrons. The predicted octanol–water partition coefficient (Wildman–Crippen LogP) is 4.16. The molecule has 1 atom stereocenters. The Balaban J connectivity index is 1.63. The molecule has 20 heavy (non-hydrogen) atoms. The molecule has 2 aromatic heterocycles. The number of benzene rings is 1. The maximum atomic E-state index is 5.47. The first-order valence-corrected chi connectivity index (χ1v) is 6.87. The van der Waals surface area contributed by atoms with Crippen LogP contribution in [0.1, 0.15) is 25.0 Å². The summed E-state index contributed by atoms with van der Waals surface area (Å²) in [5.74, 6) is 1.73. The van der Waals surface area contributed by atoms with Gasteiger partial charge in [0.25, 0.3) is 0 Å². The minimum absolute atomic E-state index is 0.366. The molecule has 1 N–H and O–H groups in total. The van der Waals surface area contributed by atoms with Gasteiger partial charge in [0.15, 0.2) is 11.5 Å². The zero-order valence-electron chi connectivity index (χ0n) is 11.7. The number of anilines is 1. The van der Waals surface area contributed by atoms with Gasteiger partial charge in [-0.05, 0) is 43.7 Å². The maximum absolute atomic E-state index is 5.47. The smallest absolute Gasteiger partial charge is 0.192 e. The molecule has 0 radical (unpaired) electrons. The Labute approximate surface area is 117 Å². The number of aromatic nitrogens is 1. The van der Waals surface area contributed by atoms with Crippen LogP contribution in [0.4, 0.5) is 5.69 Å². The van der Waals surface area contributed by atoms with E-state index in [1.165, 1.54) is 0 Å². The summed E-state index contributed by atoms with van der Waals surface area (Å²) in [6.07, 6.45) is 3.67. The van der Waals surface area contributed by atoms with Crippen molar-refractivity contribution >= 4 is 16.8 Å². The molecule has 0 amide bonds. The van der Waals surface area contributed by atoms with Gasteiger partial charge in [-0.15, -0.1) is 0 Å². The van der Waals surface area contributed by atoms with Gasteiger partial charge in [-0.2, -0.15) is 0 Å². The van der Waals surface area contributed by atoms with Gasteiger partial charge in [0, 0.05) is 25.1 Å². The molecular weight excluding hydrogens is 252 g/mol. The summed E-state index contributed by atoms with van der Waals surface area (Å²) in [6.45, 7) is 4.03. The van der Waals surface area contributed by atoms with E-state index in [0.717, 1.165) is 35.4 Å². The van der Waals surface area contributed by atoms with Crippen molar-refractivity contribution < 1.29 is 8.83 Å². The van der Waals surface area contributed by atoms with Crippen LogP contribution < -0.4 is 5.32 Å². The third-order valence-corrected chi connectivity index (χ3v) is 3.31. The van der Waals surface area contributed by atoms with Crippen LogP contribution in [0, 0.1) is 6.92 Å². The summed E-state index contributed by atoms with van der Waals surface area (Å²) in [4.78, 5) is 4.35. The van der Waals surface area contributed by atoms with Gasteiger partial charge in [0.2, 0.25) is 0 Å². The normalized spacial score (nSPS) is 12.7. The molecule has 2 heterocycles. The number of furan rings is 1. The number of nitrogens with zero attached hydrogens (tertiary/aromatic N) is 1. The quantitative estimate of drug-likeness (QED) is 0.756. The molecule has 1 aromatic carbocycles. The molecule has 4 nitrogen and oxygen atoms in total. The van der Waals surface area contributed by atoms with Crippen molar-refractivity contribution in [1.82, 2.24) is 4.98 Å². The number of nitrogens with one attached hydrogen (secondary N) is 1. The van der Waals surface area contributed by atoms with Crippen LogP contribution in [-0.4, -0.2) is 11.0 Å². The van der Waals surface area contributed by atoms with Crippen LogP contribution >= 0.6 is 0 Å². The third-order valence-electron chi connectivity index (χ3n) is 3.31. The van der Waals surface area contributed by atoms with E-state index in [9.17, 15) is 0 Å². The van der Waals surface area contributed by atoms with E-state index in [1.54, 1.807) is 6.26 Å². The van der Waals surface area contributed by atoms with Crippen molar-refractivity contribution in [3.8, 4) is 0 Å². The van der Waals surface area contributed by atoms with Crippen LogP contribution in [0.5, 0.6) is 0 Å². The first-order chi connectivity index (χ1) is 9.70. The van der Waals surface area contributed by atoms with Crippen molar-refractivity contribution in [2.24, 2.45) is 0 Å². The largest absolute Gasteiger partial charge is 0.469 e. The molecule has 4 heteroatoms. The molecule has 0 saturated carbocycles. The second-order valence-corrected chi connectivity index (χ2v) is 5.08. The summed E-state index contributed by atoms with van der Waals surface area (Å²) in [5.41, 5.74) is 2.79. The van der Waals surface area contributed by atoms with Crippen molar-refractivity contribution in [2.75, 3.05) is 5.32 Å². The van der Waals surface area contributed by atoms with Gasteiger partial charge >= 0.3 is 0 Å². The lowest BCUT2D eigenvalue weighted by atomic mass is 10.1. The van der Waals surface area contributed by atoms with Crippen LogP contribution in [0.25, 0.3) is 11.1 Å². The Morgan fingerprint density at radius 1 is 1.30 bits per heavy atom. The second-order valence-electron chi connectivity index (χ2n) is 5.08. The van der Waals surface area contributed by atoms with E-state index < -0.39 is 0 Å². The first kappa shape index (κ1) is 12.8. The molecule has 0 spiro atoms. The number of fused-ring (bicyclic) bond motifs is 1. The minimum atomic E-state index is 0.366. The van der Waals surface area contributed by atoms with E-state index in [1.807, 2.05) is 37.3 Å². The predicted molar refractivity (Wildman–Crippen MR) is 78.9 cm³/mol. The number of rotatable bonds is 5. The highest BCUT2D eigenvalue weighted by molar-refractivity contribution is 5.77. The lowest BCUT2D eigenvalue weighted by molar-refractivity contribution is 0.495. The van der Waals surface area contributed by atoms with Gasteiger partial charge in [-0.25, -0.2) is 4.98 Å². The Morgan fingerprint density at radius 3 is 3.00 bits per heavy atom. The van der Waals surface area contributed by atoms with Crippen molar-refractivity contribution in [2.45, 2.75) is 32.7 Å². The SMILES string of the molecule is Cc1nc2cc(NC(C)CCc3ccco3)ccc2o1. The average molecular weight is 270 g/mol. The van der Waals surface area contributed by atoms with E-state index in [0.29, 0.717) is 11.9 Å². The highest BCUT2D eigenvalue weighted by Gasteiger charge is 2.07. The number of oxazole rings is 1. The maximum Gasteiger partial charge on any atom is 0.192 e. The fraction of sp³-hybridized carbons (Fsp3) is 0.312. The molecule has 3 aromatic rings. The van der Waals surface area contributed by atoms with Crippen LogP contribution in [0.15, 0.2) is 45.4 Å². The molecule has 0 bridgehead atoms. The zero-order chi connectivity index (χ0) is 13.9. The van der Waals surface area contributed by atoms with Gasteiger partial charge in [-0.3, -0.25) is 0 Å². The summed E-state index contributed by atoms with van der Waals surface area (Å²) < 4.78 is 10.8. The van der Waals surface area contributed by atoms with Gasteiger partial charge in [0.1, 0.15) is 11.3 Å². The third kappa shape index (κ3) is 2.85. The summed E-state index contributed by atoms with van der Waals surface area (Å²) in [6, 6.07) is 10.3. The highest BCUT2D eigenvalue weighted by Crippen LogP contribution is 2.20. The lowest BCUT2D eigenvalue weighted by Crippen LogP contribution is -2.15. The number of hydrogen-bond acceptors (Lipinski definition) is 4. The molecule has 0 aliphatic rings. The summed E-state index contributed by atoms with van der Waals surface area (Å²) in [7, 11) is 0. The van der Waals surface area contributed by atoms with Crippen molar-refractivity contribution in [1.29, 1.82) is 0 Å². The Morgan fingerprint density at radius 2 is 2.20 bits per heavy atom. The number of hydrogen-bond donors (Lipinski definition) is 1. The van der Waals surface area contributed by atoms with E-state index in [4.69, 9.17) is 8.83 Å². The zero-order valence-corrected chi connectivity index (χ0v) is 11.7. The Bertz CT molecular complexity index is 686. The van der Waals surface area contributed by atoms with E-state index in [2.05, 4.69) is 17.2 Å². The van der Waals surface area contributed by atoms with Gasteiger partial charge in [0.05, 0.1) is 6.26 Å². The first-order valence-electron chi connectivity index (χ1n) is 6.87. The average Bonchev–Trinajstić information content (AvgIpc) is 3.04. The Hall–Kier alpha value is -2.23. The monoisotopic (exact) mass is 270 g/mol. The van der Waals surface area contributed by atoms with Gasteiger partial charge < -0.3 is 14.2 Å². The number of aryl methyl sites for hydroxylation is 2. The van der Waals surface area contributed by atoms with Gasteiger partial charge in [-0.1, -0.05) is 0 Å². The van der Waals surface area contributed by atoms with E-state index in [-0.39, 0.29) is 0 Å². The second kappa shape index (κ2) is 5.41. The molecule has 0 aliphatic carbocycles. The molecule has 1 unspecified atom stereocenters. The Kier molecular flexibility index (Phi) is 3.46. The molecule has 0 fully saturated rings. The molecule has 0 aliphatic heterocycles. The van der Waals surface area contributed by atoms with Crippen molar-refractivity contribution in [3.05, 3.63) is 48.2 Å². The molecular formula is C16H18N2O2. The topological polar surface area (TPSA) is 51.2 Å². The minimum Gasteiger partial charge on any atom is -0.469 e. The standard InChI is InChI=1S/C16H18N2O2/c1-11(5-7-14-4-3-9-19-14)17-13-6-8-16-15(10-13)18-12(2)20-16/h3-4,6,8-11,17H,5,7H2,1-2H3. The summed E-state index contributed by atoms with van der Waals surface area (Å²) in [5, 5.41) is 3.48. The van der Waals surface area contributed by atoms with Crippen LogP contribution in [0.3, 0.4) is 0 Å². The molecule has 3 rings (SSSR count). The van der Waals surface area contributed by atoms with E-state index >= 15 is 0 Å². The lowest BCUT2D eigenvalue weighted by Gasteiger charge is -2.14. The fourth-order valence-corrected chi connectivity index (χ4v) is 2.30. The van der Waals surface area contributed by atoms with Crippen LogP contribution in [-0.2, 0) is 6.42 Å².